The molecule has 24 heavy (non-hydrogen) atoms. The van der Waals surface area contributed by atoms with Gasteiger partial charge < -0.3 is 5.32 Å². The number of nitro groups is 1. The Morgan fingerprint density at radius 2 is 2.04 bits per heavy atom. The first-order chi connectivity index (χ1) is 11.1. The number of halogens is 2. The van der Waals surface area contributed by atoms with Crippen LogP contribution < -0.4 is 5.32 Å². The zero-order valence-corrected chi connectivity index (χ0v) is 14.1. The third kappa shape index (κ3) is 3.81. The second-order valence-electron chi connectivity index (χ2n) is 5.96. The van der Waals surface area contributed by atoms with Gasteiger partial charge in [0, 0.05) is 31.2 Å². The molecule has 1 unspecified atom stereocenters. The van der Waals surface area contributed by atoms with Crippen molar-refractivity contribution in [2.24, 2.45) is 0 Å². The van der Waals surface area contributed by atoms with E-state index in [1.807, 2.05) is 0 Å². The van der Waals surface area contributed by atoms with Crippen molar-refractivity contribution in [2.45, 2.75) is 43.0 Å². The summed E-state index contributed by atoms with van der Waals surface area (Å²) in [4.78, 5) is 11.9. The van der Waals surface area contributed by atoms with Gasteiger partial charge in [-0.05, 0) is 32.4 Å². The first kappa shape index (κ1) is 18.5. The third-order valence-corrected chi connectivity index (χ3v) is 5.42. The van der Waals surface area contributed by atoms with Gasteiger partial charge in [0.1, 0.15) is 5.69 Å². The van der Waals surface area contributed by atoms with Crippen LogP contribution in [0.5, 0.6) is 0 Å². The molecule has 1 N–H and O–H groups in total. The number of nitrogens with one attached hydrogen (secondary N) is 1. The quantitative estimate of drug-likeness (QED) is 0.617. The SMILES string of the molecule is CC(C)N1CCC(Nc2ccc(S(=O)(=O)C(F)F)cc2[N+](=O)[O-])C1. The summed E-state index contributed by atoms with van der Waals surface area (Å²) < 4.78 is 48.2. The van der Waals surface area contributed by atoms with Gasteiger partial charge in [0.15, 0.2) is 0 Å². The normalized spacial score (nSPS) is 19.2. The minimum Gasteiger partial charge on any atom is -0.375 e. The van der Waals surface area contributed by atoms with E-state index in [2.05, 4.69) is 24.1 Å². The predicted molar refractivity (Wildman–Crippen MR) is 85.0 cm³/mol. The molecule has 7 nitrogen and oxygen atoms in total. The molecule has 134 valence electrons. The van der Waals surface area contributed by atoms with Gasteiger partial charge in [-0.3, -0.25) is 15.0 Å². The molecule has 0 radical (unpaired) electrons. The van der Waals surface area contributed by atoms with E-state index in [4.69, 9.17) is 0 Å². The van der Waals surface area contributed by atoms with Crippen molar-refractivity contribution in [3.63, 3.8) is 0 Å². The number of hydrogen-bond acceptors (Lipinski definition) is 6. The highest BCUT2D eigenvalue weighted by molar-refractivity contribution is 7.91. The molecule has 10 heteroatoms. The van der Waals surface area contributed by atoms with Crippen LogP contribution >= 0.6 is 0 Å². The van der Waals surface area contributed by atoms with Crippen LogP contribution in [0, 0.1) is 10.1 Å². The summed E-state index contributed by atoms with van der Waals surface area (Å²) in [5.41, 5.74) is -0.399. The molecule has 1 atom stereocenters. The third-order valence-electron chi connectivity index (χ3n) is 4.04. The molecular weight excluding hydrogens is 344 g/mol. The first-order valence-corrected chi connectivity index (χ1v) is 8.98. The molecule has 1 aliphatic heterocycles. The summed E-state index contributed by atoms with van der Waals surface area (Å²) in [5, 5.41) is 14.2. The van der Waals surface area contributed by atoms with E-state index in [0.717, 1.165) is 19.0 Å². The molecule has 1 saturated heterocycles. The maximum Gasteiger partial charge on any atom is 0.341 e. The van der Waals surface area contributed by atoms with Crippen molar-refractivity contribution in [1.82, 2.24) is 4.90 Å². The zero-order valence-electron chi connectivity index (χ0n) is 13.3. The Morgan fingerprint density at radius 1 is 1.38 bits per heavy atom. The molecule has 1 heterocycles. The van der Waals surface area contributed by atoms with Gasteiger partial charge in [-0.25, -0.2) is 8.42 Å². The molecule has 1 aromatic carbocycles. The van der Waals surface area contributed by atoms with Crippen molar-refractivity contribution < 1.29 is 22.1 Å². The topological polar surface area (TPSA) is 92.6 Å². The predicted octanol–water partition coefficient (Wildman–Crippen LogP) is 2.49. The molecule has 0 aromatic heterocycles. The fraction of sp³-hybridized carbons (Fsp3) is 0.571. The lowest BCUT2D eigenvalue weighted by molar-refractivity contribution is -0.384. The number of nitro benzene ring substituents is 1. The Morgan fingerprint density at radius 3 is 2.54 bits per heavy atom. The van der Waals surface area contributed by atoms with Gasteiger partial charge in [-0.1, -0.05) is 0 Å². The summed E-state index contributed by atoms with van der Waals surface area (Å²) in [5.74, 6) is -3.62. The number of benzene rings is 1. The number of alkyl halides is 2. The molecule has 0 bridgehead atoms. The summed E-state index contributed by atoms with van der Waals surface area (Å²) in [7, 11) is -4.87. The molecule has 1 aromatic rings. The summed E-state index contributed by atoms with van der Waals surface area (Å²) in [6.45, 7) is 5.65. The molecule has 1 aliphatic rings. The van der Waals surface area contributed by atoms with Crippen LogP contribution in [0.4, 0.5) is 20.2 Å². The number of nitrogens with zero attached hydrogens (tertiary/aromatic N) is 2. The maximum atomic E-state index is 12.6. The second-order valence-corrected chi connectivity index (χ2v) is 7.88. The Kier molecular flexibility index (Phi) is 5.38. The highest BCUT2D eigenvalue weighted by atomic mass is 32.2. The lowest BCUT2D eigenvalue weighted by Crippen LogP contribution is -2.31. The van der Waals surface area contributed by atoms with Gasteiger partial charge in [0.25, 0.3) is 5.69 Å². The van der Waals surface area contributed by atoms with Crippen LogP contribution in [0.25, 0.3) is 0 Å². The minimum atomic E-state index is -4.87. The van der Waals surface area contributed by atoms with Gasteiger partial charge >= 0.3 is 5.76 Å². The molecule has 0 saturated carbocycles. The van der Waals surface area contributed by atoms with E-state index in [9.17, 15) is 27.3 Å². The van der Waals surface area contributed by atoms with Gasteiger partial charge in [-0.2, -0.15) is 8.78 Å². The molecule has 0 aliphatic carbocycles. The molecule has 0 amide bonds. The first-order valence-electron chi connectivity index (χ1n) is 7.44. The van der Waals surface area contributed by atoms with Crippen molar-refractivity contribution >= 4 is 21.2 Å². The fourth-order valence-electron chi connectivity index (χ4n) is 2.66. The van der Waals surface area contributed by atoms with Crippen LogP contribution in [0.3, 0.4) is 0 Å². The zero-order chi connectivity index (χ0) is 18.1. The van der Waals surface area contributed by atoms with E-state index >= 15 is 0 Å². The van der Waals surface area contributed by atoms with Crippen LogP contribution in [0.2, 0.25) is 0 Å². The summed E-state index contributed by atoms with van der Waals surface area (Å²) in [6, 6.07) is 3.14. The number of hydrogen-bond donors (Lipinski definition) is 1. The van der Waals surface area contributed by atoms with Crippen LogP contribution in [-0.2, 0) is 9.84 Å². The van der Waals surface area contributed by atoms with E-state index < -0.39 is 31.1 Å². The van der Waals surface area contributed by atoms with Crippen molar-refractivity contribution in [3.8, 4) is 0 Å². The Labute approximate surface area is 138 Å². The lowest BCUT2D eigenvalue weighted by atomic mass is 10.2. The van der Waals surface area contributed by atoms with Crippen LogP contribution in [0.15, 0.2) is 23.1 Å². The standard InChI is InChI=1S/C14H19F2N3O4S/c1-9(2)18-6-5-10(8-18)17-12-4-3-11(7-13(12)19(20)21)24(22,23)14(15)16/h3-4,7,9-10,14,17H,5-6,8H2,1-2H3. The molecule has 1 fully saturated rings. The molecular formula is C14H19F2N3O4S. The number of rotatable bonds is 6. The summed E-state index contributed by atoms with van der Waals surface area (Å²) in [6.07, 6.45) is 0.784. The van der Waals surface area contributed by atoms with Gasteiger partial charge in [0.2, 0.25) is 9.84 Å². The average molecular weight is 363 g/mol. The Hall–Kier alpha value is -1.81. The highest BCUT2D eigenvalue weighted by Crippen LogP contribution is 2.31. The maximum absolute atomic E-state index is 12.6. The van der Waals surface area contributed by atoms with E-state index in [-0.39, 0.29) is 11.7 Å². The largest absolute Gasteiger partial charge is 0.375 e. The monoisotopic (exact) mass is 363 g/mol. The Balaban J connectivity index is 2.27. The number of anilines is 1. The minimum absolute atomic E-state index is 0.0244. The van der Waals surface area contributed by atoms with Crippen molar-refractivity contribution in [2.75, 3.05) is 18.4 Å². The fourth-order valence-corrected chi connectivity index (χ4v) is 3.40. The van der Waals surface area contributed by atoms with E-state index in [1.54, 1.807) is 0 Å². The smallest absolute Gasteiger partial charge is 0.341 e. The van der Waals surface area contributed by atoms with Crippen molar-refractivity contribution in [3.05, 3.63) is 28.3 Å². The van der Waals surface area contributed by atoms with Gasteiger partial charge in [0.05, 0.1) is 9.82 Å². The summed E-state index contributed by atoms with van der Waals surface area (Å²) >= 11 is 0. The Bertz CT molecular complexity index is 725. The number of likely N-dealkylation sites (tertiary alicyclic amines) is 1. The number of sulfone groups is 1. The van der Waals surface area contributed by atoms with Gasteiger partial charge in [-0.15, -0.1) is 0 Å². The highest BCUT2D eigenvalue weighted by Gasteiger charge is 2.31. The van der Waals surface area contributed by atoms with E-state index in [1.165, 1.54) is 6.07 Å². The molecule has 0 spiro atoms. The molecule has 2 rings (SSSR count). The van der Waals surface area contributed by atoms with E-state index in [0.29, 0.717) is 18.7 Å². The van der Waals surface area contributed by atoms with Crippen molar-refractivity contribution in [1.29, 1.82) is 0 Å². The van der Waals surface area contributed by atoms with Crippen LogP contribution in [0.1, 0.15) is 20.3 Å². The lowest BCUT2D eigenvalue weighted by Gasteiger charge is -2.20. The average Bonchev–Trinajstić information content (AvgIpc) is 2.95. The second kappa shape index (κ2) is 6.98. The van der Waals surface area contributed by atoms with Crippen LogP contribution in [-0.4, -0.2) is 49.2 Å².